The van der Waals surface area contributed by atoms with Crippen LogP contribution in [0.3, 0.4) is 0 Å². The van der Waals surface area contributed by atoms with Crippen LogP contribution >= 0.6 is 0 Å². The number of nitrogens with zero attached hydrogens (tertiary/aromatic N) is 3. The van der Waals surface area contributed by atoms with Crippen molar-refractivity contribution in [1.82, 2.24) is 20.0 Å². The Bertz CT molecular complexity index is 575. The number of piperidine rings is 1. The van der Waals surface area contributed by atoms with Crippen LogP contribution in [0, 0.1) is 0 Å². The van der Waals surface area contributed by atoms with E-state index in [-0.39, 0.29) is 6.03 Å². The van der Waals surface area contributed by atoms with Crippen molar-refractivity contribution in [2.45, 2.75) is 25.7 Å². The Kier molecular flexibility index (Phi) is 8.18. The van der Waals surface area contributed by atoms with Crippen LogP contribution < -0.4 is 5.32 Å². The molecule has 5 nitrogen and oxygen atoms in total. The van der Waals surface area contributed by atoms with Gasteiger partial charge in [0.15, 0.2) is 0 Å². The summed E-state index contributed by atoms with van der Waals surface area (Å²) in [6, 6.07) is 10.5. The molecule has 0 aromatic heterocycles. The van der Waals surface area contributed by atoms with Crippen LogP contribution in [-0.4, -0.2) is 79.6 Å². The molecule has 0 bridgehead atoms. The monoisotopic (exact) mass is 370 g/mol. The number of urea groups is 1. The van der Waals surface area contributed by atoms with Gasteiger partial charge in [0.1, 0.15) is 0 Å². The molecule has 0 atom stereocenters. The van der Waals surface area contributed by atoms with E-state index < -0.39 is 0 Å². The van der Waals surface area contributed by atoms with E-state index in [1.54, 1.807) is 0 Å². The lowest BCUT2D eigenvalue weighted by atomic mass is 10.1. The van der Waals surface area contributed by atoms with Gasteiger partial charge in [0.05, 0.1) is 0 Å². The van der Waals surface area contributed by atoms with Gasteiger partial charge in [0, 0.05) is 39.3 Å². The third-order valence-corrected chi connectivity index (χ3v) is 5.51. The molecule has 148 valence electrons. The van der Waals surface area contributed by atoms with Crippen LogP contribution in [0.15, 0.2) is 36.4 Å². The van der Waals surface area contributed by atoms with E-state index in [2.05, 4.69) is 51.5 Å². The molecular formula is C22H34N4O. The molecule has 0 aliphatic carbocycles. The van der Waals surface area contributed by atoms with Gasteiger partial charge in [0.25, 0.3) is 0 Å². The summed E-state index contributed by atoms with van der Waals surface area (Å²) in [4.78, 5) is 19.2. The molecule has 2 saturated heterocycles. The number of benzene rings is 1. The summed E-state index contributed by atoms with van der Waals surface area (Å²) in [5.74, 6) is 0. The van der Waals surface area contributed by atoms with Crippen molar-refractivity contribution < 1.29 is 4.79 Å². The van der Waals surface area contributed by atoms with Gasteiger partial charge < -0.3 is 15.1 Å². The number of amides is 2. The fourth-order valence-electron chi connectivity index (χ4n) is 3.83. The summed E-state index contributed by atoms with van der Waals surface area (Å²) in [7, 11) is 0. The number of hydrogen-bond donors (Lipinski definition) is 1. The number of piperazine rings is 1. The number of nitrogens with one attached hydrogen (secondary N) is 1. The Morgan fingerprint density at radius 1 is 0.926 bits per heavy atom. The van der Waals surface area contributed by atoms with E-state index in [0.717, 1.165) is 52.2 Å². The van der Waals surface area contributed by atoms with Crippen molar-refractivity contribution in [2.24, 2.45) is 0 Å². The molecule has 1 N–H and O–H groups in total. The quantitative estimate of drug-likeness (QED) is 0.750. The van der Waals surface area contributed by atoms with Crippen LogP contribution in [-0.2, 0) is 0 Å². The minimum absolute atomic E-state index is 0.105. The molecule has 0 saturated carbocycles. The smallest absolute Gasteiger partial charge is 0.317 e. The van der Waals surface area contributed by atoms with Crippen LogP contribution in [0.2, 0.25) is 0 Å². The number of likely N-dealkylation sites (tertiary alicyclic amines) is 1. The highest BCUT2D eigenvalue weighted by molar-refractivity contribution is 5.74. The highest BCUT2D eigenvalue weighted by Gasteiger charge is 2.20. The Balaban J connectivity index is 1.27. The molecule has 3 rings (SSSR count). The summed E-state index contributed by atoms with van der Waals surface area (Å²) in [5.41, 5.74) is 1.24. The Hall–Kier alpha value is -1.85. The number of carbonyl (C=O) groups excluding carboxylic acids is 1. The molecule has 2 amide bonds. The number of hydrogen-bond acceptors (Lipinski definition) is 3. The molecule has 27 heavy (non-hydrogen) atoms. The van der Waals surface area contributed by atoms with Gasteiger partial charge in [-0.2, -0.15) is 0 Å². The number of carbonyl (C=O) groups is 1. The van der Waals surface area contributed by atoms with Gasteiger partial charge in [-0.1, -0.05) is 48.9 Å². The van der Waals surface area contributed by atoms with Gasteiger partial charge in [0.2, 0.25) is 0 Å². The molecule has 0 unspecified atom stereocenters. The largest absolute Gasteiger partial charge is 0.338 e. The third kappa shape index (κ3) is 7.00. The molecule has 0 radical (unpaired) electrons. The standard InChI is InChI=1S/C22H34N4O/c27-22(23-12-8-16-24-13-5-2-6-14-24)26-19-17-25(18-20-26)15-7-11-21-9-3-1-4-10-21/h1,3-4,7,9-11H,2,5-6,8,12-20H2,(H,23,27)/b11-7+. The van der Waals surface area contributed by atoms with Gasteiger partial charge in [-0.3, -0.25) is 4.90 Å². The van der Waals surface area contributed by atoms with Gasteiger partial charge in [-0.05, 0) is 44.5 Å². The average Bonchev–Trinajstić information content (AvgIpc) is 2.73. The van der Waals surface area contributed by atoms with Crippen molar-refractivity contribution in [3.05, 3.63) is 42.0 Å². The summed E-state index contributed by atoms with van der Waals surface area (Å²) in [6.07, 6.45) is 9.47. The van der Waals surface area contributed by atoms with Gasteiger partial charge in [-0.25, -0.2) is 4.79 Å². The van der Waals surface area contributed by atoms with Crippen molar-refractivity contribution >= 4 is 12.1 Å². The second-order valence-corrected chi connectivity index (χ2v) is 7.59. The zero-order chi connectivity index (χ0) is 18.7. The predicted molar refractivity (Wildman–Crippen MR) is 112 cm³/mol. The zero-order valence-electron chi connectivity index (χ0n) is 16.5. The lowest BCUT2D eigenvalue weighted by Gasteiger charge is -2.34. The first kappa shape index (κ1) is 19.9. The van der Waals surface area contributed by atoms with Crippen molar-refractivity contribution in [1.29, 1.82) is 0 Å². The summed E-state index contributed by atoms with van der Waals surface area (Å²) in [5, 5.41) is 3.10. The van der Waals surface area contributed by atoms with E-state index in [9.17, 15) is 4.79 Å². The fraction of sp³-hybridized carbons (Fsp3) is 0.591. The van der Waals surface area contributed by atoms with Crippen molar-refractivity contribution in [3.63, 3.8) is 0 Å². The summed E-state index contributed by atoms with van der Waals surface area (Å²) in [6.45, 7) is 8.83. The van der Waals surface area contributed by atoms with E-state index in [0.29, 0.717) is 0 Å². The Morgan fingerprint density at radius 2 is 1.67 bits per heavy atom. The van der Waals surface area contributed by atoms with Gasteiger partial charge in [-0.15, -0.1) is 0 Å². The van der Waals surface area contributed by atoms with Crippen LogP contribution in [0.4, 0.5) is 4.79 Å². The maximum Gasteiger partial charge on any atom is 0.317 e. The van der Waals surface area contributed by atoms with Gasteiger partial charge >= 0.3 is 6.03 Å². The van der Waals surface area contributed by atoms with Crippen molar-refractivity contribution in [3.8, 4) is 0 Å². The SMILES string of the molecule is O=C(NCCCN1CCCCC1)N1CCN(C/C=C/c2ccccc2)CC1. The molecule has 1 aromatic carbocycles. The fourth-order valence-corrected chi connectivity index (χ4v) is 3.83. The molecular weight excluding hydrogens is 336 g/mol. The molecule has 2 fully saturated rings. The summed E-state index contributed by atoms with van der Waals surface area (Å²) < 4.78 is 0. The molecule has 5 heteroatoms. The highest BCUT2D eigenvalue weighted by atomic mass is 16.2. The third-order valence-electron chi connectivity index (χ3n) is 5.51. The molecule has 1 aromatic rings. The van der Waals surface area contributed by atoms with E-state index in [1.165, 1.54) is 37.9 Å². The second-order valence-electron chi connectivity index (χ2n) is 7.59. The lowest BCUT2D eigenvalue weighted by molar-refractivity contribution is 0.146. The minimum atomic E-state index is 0.105. The molecule has 2 aliphatic heterocycles. The van der Waals surface area contributed by atoms with Crippen LogP contribution in [0.5, 0.6) is 0 Å². The molecule has 2 aliphatic rings. The topological polar surface area (TPSA) is 38.8 Å². The van der Waals surface area contributed by atoms with E-state index in [1.807, 2.05) is 11.0 Å². The second kappa shape index (κ2) is 11.1. The van der Waals surface area contributed by atoms with Crippen molar-refractivity contribution in [2.75, 3.05) is 58.9 Å². The predicted octanol–water partition coefficient (Wildman–Crippen LogP) is 2.90. The lowest BCUT2D eigenvalue weighted by Crippen LogP contribution is -2.51. The van der Waals surface area contributed by atoms with Crippen LogP contribution in [0.25, 0.3) is 6.08 Å². The Morgan fingerprint density at radius 3 is 2.41 bits per heavy atom. The molecule has 2 heterocycles. The van der Waals surface area contributed by atoms with E-state index >= 15 is 0 Å². The zero-order valence-corrected chi connectivity index (χ0v) is 16.5. The maximum atomic E-state index is 12.3. The minimum Gasteiger partial charge on any atom is -0.338 e. The van der Waals surface area contributed by atoms with E-state index in [4.69, 9.17) is 0 Å². The average molecular weight is 371 g/mol. The number of rotatable bonds is 7. The highest BCUT2D eigenvalue weighted by Crippen LogP contribution is 2.08. The van der Waals surface area contributed by atoms with Crippen LogP contribution in [0.1, 0.15) is 31.2 Å². The first-order valence-electron chi connectivity index (χ1n) is 10.5. The first-order valence-corrected chi connectivity index (χ1v) is 10.5. The Labute approximate surface area is 164 Å². The summed E-state index contributed by atoms with van der Waals surface area (Å²) >= 11 is 0. The first-order chi connectivity index (χ1) is 13.3. The normalized spacial score (nSPS) is 19.5. The maximum absolute atomic E-state index is 12.3. The molecule has 0 spiro atoms.